The van der Waals surface area contributed by atoms with Crippen molar-refractivity contribution in [2.45, 2.75) is 19.4 Å². The average Bonchev–Trinajstić information content (AvgIpc) is 2.45. The van der Waals surface area contributed by atoms with Gasteiger partial charge in [0.1, 0.15) is 11.6 Å². The fraction of sp³-hybridized carbons (Fsp3) is 0.600. The predicted molar refractivity (Wildman–Crippen MR) is 76.7 cm³/mol. The van der Waals surface area contributed by atoms with E-state index in [1.807, 2.05) is 14.0 Å². The molecule has 0 radical (unpaired) electrons. The third-order valence-electron chi connectivity index (χ3n) is 3.00. The molecule has 1 rings (SSSR count). The Morgan fingerprint density at radius 2 is 2.00 bits per heavy atom. The van der Waals surface area contributed by atoms with Crippen LogP contribution in [0.15, 0.2) is 18.2 Å². The van der Waals surface area contributed by atoms with Crippen molar-refractivity contribution < 1.29 is 18.6 Å². The zero-order valence-electron chi connectivity index (χ0n) is 12.4. The smallest absolute Gasteiger partial charge is 0.126 e. The highest BCUT2D eigenvalue weighted by Gasteiger charge is 2.11. The van der Waals surface area contributed by atoms with E-state index in [1.165, 1.54) is 12.1 Å². The summed E-state index contributed by atoms with van der Waals surface area (Å²) < 4.78 is 29.2. The minimum Gasteiger partial charge on any atom is -0.493 e. The van der Waals surface area contributed by atoms with Gasteiger partial charge in [-0.3, -0.25) is 0 Å². The van der Waals surface area contributed by atoms with E-state index >= 15 is 0 Å². The summed E-state index contributed by atoms with van der Waals surface area (Å²) in [7, 11) is 3.50. The number of ether oxygens (including phenoxy) is 3. The van der Waals surface area contributed by atoms with Gasteiger partial charge in [0.05, 0.1) is 19.8 Å². The molecule has 0 fully saturated rings. The van der Waals surface area contributed by atoms with Gasteiger partial charge in [-0.25, -0.2) is 4.39 Å². The van der Waals surface area contributed by atoms with Crippen LogP contribution in [0.2, 0.25) is 0 Å². The van der Waals surface area contributed by atoms with Gasteiger partial charge in [0.15, 0.2) is 0 Å². The molecule has 0 saturated heterocycles. The summed E-state index contributed by atoms with van der Waals surface area (Å²) >= 11 is 0. The van der Waals surface area contributed by atoms with Gasteiger partial charge in [0.25, 0.3) is 0 Å². The van der Waals surface area contributed by atoms with Gasteiger partial charge in [-0.05, 0) is 20.0 Å². The maximum absolute atomic E-state index is 13.3. The lowest BCUT2D eigenvalue weighted by Crippen LogP contribution is -2.14. The first-order valence-corrected chi connectivity index (χ1v) is 6.85. The van der Waals surface area contributed by atoms with Crippen molar-refractivity contribution in [2.75, 3.05) is 40.6 Å². The molecule has 1 atom stereocenters. The molecule has 0 aliphatic carbocycles. The van der Waals surface area contributed by atoms with Crippen LogP contribution in [0.25, 0.3) is 0 Å². The van der Waals surface area contributed by atoms with Gasteiger partial charge < -0.3 is 19.5 Å². The van der Waals surface area contributed by atoms with Gasteiger partial charge in [-0.1, -0.05) is 6.07 Å². The van der Waals surface area contributed by atoms with Crippen LogP contribution in [0.1, 0.15) is 24.9 Å². The van der Waals surface area contributed by atoms with Crippen LogP contribution in [0.4, 0.5) is 4.39 Å². The van der Waals surface area contributed by atoms with Crippen molar-refractivity contribution in [3.05, 3.63) is 29.6 Å². The molecule has 4 nitrogen and oxygen atoms in total. The molecule has 5 heteroatoms. The molecule has 0 aliphatic rings. The molecule has 0 aliphatic heterocycles. The van der Waals surface area contributed by atoms with E-state index in [4.69, 9.17) is 14.2 Å². The molecule has 1 unspecified atom stereocenters. The van der Waals surface area contributed by atoms with Crippen molar-refractivity contribution in [1.82, 2.24) is 5.32 Å². The Labute approximate surface area is 120 Å². The van der Waals surface area contributed by atoms with E-state index in [9.17, 15) is 4.39 Å². The fourth-order valence-corrected chi connectivity index (χ4v) is 1.73. The number of benzene rings is 1. The highest BCUT2D eigenvalue weighted by atomic mass is 19.1. The standard InChI is InChI=1S/C15H24FNO3/c1-12(17-2)14-6-5-13(16)11-15(14)20-8-4-7-19-10-9-18-3/h5-6,11-12,17H,4,7-10H2,1-3H3. The number of nitrogens with one attached hydrogen (secondary N) is 1. The molecule has 1 aromatic carbocycles. The molecule has 1 N–H and O–H groups in total. The summed E-state index contributed by atoms with van der Waals surface area (Å²) in [6.45, 7) is 4.29. The van der Waals surface area contributed by atoms with E-state index in [0.29, 0.717) is 32.2 Å². The molecular weight excluding hydrogens is 261 g/mol. The number of halogens is 1. The summed E-state index contributed by atoms with van der Waals surface area (Å²) in [6.07, 6.45) is 0.758. The van der Waals surface area contributed by atoms with E-state index in [-0.39, 0.29) is 11.9 Å². The van der Waals surface area contributed by atoms with E-state index in [0.717, 1.165) is 12.0 Å². The van der Waals surface area contributed by atoms with Gasteiger partial charge in [-0.15, -0.1) is 0 Å². The first kappa shape index (κ1) is 16.9. The molecule has 0 saturated carbocycles. The van der Waals surface area contributed by atoms with Crippen LogP contribution in [0.5, 0.6) is 5.75 Å². The zero-order chi connectivity index (χ0) is 14.8. The minimum atomic E-state index is -0.289. The molecule has 1 aromatic rings. The summed E-state index contributed by atoms with van der Waals surface area (Å²) in [6, 6.07) is 4.74. The van der Waals surface area contributed by atoms with Crippen molar-refractivity contribution in [3.8, 4) is 5.75 Å². The summed E-state index contributed by atoms with van der Waals surface area (Å²) in [5.74, 6) is 0.298. The van der Waals surface area contributed by atoms with Crippen LogP contribution in [0.3, 0.4) is 0 Å². The second kappa shape index (κ2) is 9.69. The molecule has 0 amide bonds. The van der Waals surface area contributed by atoms with Crippen molar-refractivity contribution >= 4 is 0 Å². The van der Waals surface area contributed by atoms with Gasteiger partial charge in [0.2, 0.25) is 0 Å². The Balaban J connectivity index is 2.40. The normalized spacial score (nSPS) is 12.4. The first-order chi connectivity index (χ1) is 9.69. The van der Waals surface area contributed by atoms with Gasteiger partial charge >= 0.3 is 0 Å². The summed E-state index contributed by atoms with van der Waals surface area (Å²) in [5, 5.41) is 3.12. The molecule has 0 heterocycles. The topological polar surface area (TPSA) is 39.7 Å². The number of rotatable bonds is 10. The molecule has 0 aromatic heterocycles. The van der Waals surface area contributed by atoms with Crippen LogP contribution >= 0.6 is 0 Å². The van der Waals surface area contributed by atoms with Crippen LogP contribution in [-0.2, 0) is 9.47 Å². The van der Waals surface area contributed by atoms with Crippen molar-refractivity contribution in [3.63, 3.8) is 0 Å². The highest BCUT2D eigenvalue weighted by Crippen LogP contribution is 2.26. The van der Waals surface area contributed by atoms with Crippen LogP contribution < -0.4 is 10.1 Å². The lowest BCUT2D eigenvalue weighted by atomic mass is 10.1. The van der Waals surface area contributed by atoms with Crippen LogP contribution in [0, 0.1) is 5.82 Å². The van der Waals surface area contributed by atoms with Crippen molar-refractivity contribution in [2.24, 2.45) is 0 Å². The van der Waals surface area contributed by atoms with Gasteiger partial charge in [-0.2, -0.15) is 0 Å². The molecule has 20 heavy (non-hydrogen) atoms. The molecular formula is C15H24FNO3. The SMILES string of the molecule is CNC(C)c1ccc(F)cc1OCCCOCCOC. The lowest BCUT2D eigenvalue weighted by molar-refractivity contribution is 0.0643. The predicted octanol–water partition coefficient (Wildman–Crippen LogP) is 2.54. The quantitative estimate of drug-likeness (QED) is 0.671. The Kier molecular flexibility index (Phi) is 8.18. The van der Waals surface area contributed by atoms with Crippen molar-refractivity contribution in [1.29, 1.82) is 0 Å². The second-order valence-corrected chi connectivity index (χ2v) is 4.50. The van der Waals surface area contributed by atoms with E-state index in [2.05, 4.69) is 5.32 Å². The number of methoxy groups -OCH3 is 1. The Bertz CT molecular complexity index is 387. The summed E-state index contributed by atoms with van der Waals surface area (Å²) in [4.78, 5) is 0. The highest BCUT2D eigenvalue weighted by molar-refractivity contribution is 5.36. The monoisotopic (exact) mass is 285 g/mol. The van der Waals surface area contributed by atoms with E-state index in [1.54, 1.807) is 13.2 Å². The number of hydrogen-bond donors (Lipinski definition) is 1. The largest absolute Gasteiger partial charge is 0.493 e. The zero-order valence-corrected chi connectivity index (χ0v) is 12.4. The Hall–Kier alpha value is -1.17. The minimum absolute atomic E-state index is 0.114. The molecule has 0 bridgehead atoms. The maximum atomic E-state index is 13.3. The number of hydrogen-bond acceptors (Lipinski definition) is 4. The lowest BCUT2D eigenvalue weighted by Gasteiger charge is -2.16. The Morgan fingerprint density at radius 1 is 1.20 bits per heavy atom. The maximum Gasteiger partial charge on any atom is 0.126 e. The van der Waals surface area contributed by atoms with Gasteiger partial charge in [0, 0.05) is 37.8 Å². The second-order valence-electron chi connectivity index (χ2n) is 4.50. The van der Waals surface area contributed by atoms with Crippen LogP contribution in [-0.4, -0.2) is 40.6 Å². The fourth-order valence-electron chi connectivity index (χ4n) is 1.73. The van der Waals surface area contributed by atoms with E-state index < -0.39 is 0 Å². The average molecular weight is 285 g/mol. The summed E-state index contributed by atoms with van der Waals surface area (Å²) in [5.41, 5.74) is 0.953. The third-order valence-corrected chi connectivity index (χ3v) is 3.00. The molecule has 0 spiro atoms. The Morgan fingerprint density at radius 3 is 2.70 bits per heavy atom. The molecule has 114 valence electrons. The third kappa shape index (κ3) is 5.86. The first-order valence-electron chi connectivity index (χ1n) is 6.85.